The first-order chi connectivity index (χ1) is 12.8. The Labute approximate surface area is 160 Å². The predicted molar refractivity (Wildman–Crippen MR) is 101 cm³/mol. The number of carbonyl (C=O) groups excluding carboxylic acids is 3. The van der Waals surface area contributed by atoms with Crippen molar-refractivity contribution in [2.24, 2.45) is 11.3 Å². The van der Waals surface area contributed by atoms with E-state index in [0.717, 1.165) is 31.3 Å². The highest BCUT2D eigenvalue weighted by Crippen LogP contribution is 2.45. The van der Waals surface area contributed by atoms with Crippen LogP contribution in [0.2, 0.25) is 0 Å². The lowest BCUT2D eigenvalue weighted by Crippen LogP contribution is -2.38. The topological polar surface area (TPSA) is 69.7 Å². The summed E-state index contributed by atoms with van der Waals surface area (Å²) < 4.78 is 9.67. The number of ketones is 1. The summed E-state index contributed by atoms with van der Waals surface area (Å²) in [4.78, 5) is 37.1. The first-order valence-electron chi connectivity index (χ1n) is 9.13. The van der Waals surface area contributed by atoms with E-state index in [1.807, 2.05) is 0 Å². The molecule has 0 saturated carbocycles. The van der Waals surface area contributed by atoms with Crippen LogP contribution in [0.1, 0.15) is 45.4 Å². The molecular weight excluding hydrogens is 344 g/mol. The number of rotatable bonds is 5. The van der Waals surface area contributed by atoms with Gasteiger partial charge in [0.25, 0.3) is 0 Å². The molecule has 144 valence electrons. The molecule has 0 aliphatic heterocycles. The monoisotopic (exact) mass is 370 g/mol. The fourth-order valence-corrected chi connectivity index (χ4v) is 3.70. The van der Waals surface area contributed by atoms with Gasteiger partial charge in [-0.15, -0.1) is 0 Å². The van der Waals surface area contributed by atoms with Crippen LogP contribution in [0.4, 0.5) is 0 Å². The van der Waals surface area contributed by atoms with Crippen LogP contribution in [0.25, 0.3) is 0 Å². The molecule has 5 heteroatoms. The summed E-state index contributed by atoms with van der Waals surface area (Å²) in [5.41, 5.74) is 0.876. The van der Waals surface area contributed by atoms with Gasteiger partial charge >= 0.3 is 11.9 Å². The molecule has 0 spiro atoms. The van der Waals surface area contributed by atoms with Crippen molar-refractivity contribution in [2.75, 3.05) is 14.2 Å². The molecule has 0 aromatic rings. The van der Waals surface area contributed by atoms with Gasteiger partial charge < -0.3 is 9.47 Å². The van der Waals surface area contributed by atoms with E-state index >= 15 is 0 Å². The first kappa shape index (κ1) is 20.7. The van der Waals surface area contributed by atoms with Crippen LogP contribution in [0, 0.1) is 23.2 Å². The molecule has 0 aromatic carbocycles. The van der Waals surface area contributed by atoms with E-state index in [4.69, 9.17) is 9.47 Å². The molecule has 5 nitrogen and oxygen atoms in total. The average Bonchev–Trinajstić information content (AvgIpc) is 3.06. The van der Waals surface area contributed by atoms with E-state index in [1.165, 1.54) is 14.2 Å². The van der Waals surface area contributed by atoms with Crippen LogP contribution in [0.5, 0.6) is 0 Å². The molecule has 0 heterocycles. The Morgan fingerprint density at radius 1 is 1.22 bits per heavy atom. The molecule has 0 bridgehead atoms. The van der Waals surface area contributed by atoms with Crippen molar-refractivity contribution >= 4 is 17.7 Å². The van der Waals surface area contributed by atoms with Crippen LogP contribution in [-0.4, -0.2) is 31.9 Å². The molecule has 27 heavy (non-hydrogen) atoms. The average molecular weight is 370 g/mol. The lowest BCUT2D eigenvalue weighted by molar-refractivity contribution is -0.165. The smallest absolute Gasteiger partial charge is 0.327 e. The van der Waals surface area contributed by atoms with Crippen LogP contribution < -0.4 is 0 Å². The number of carbonyl (C=O) groups is 3. The zero-order valence-corrected chi connectivity index (χ0v) is 16.2. The number of methoxy groups -OCH3 is 2. The summed E-state index contributed by atoms with van der Waals surface area (Å²) in [6.45, 7) is 5.71. The number of esters is 2. The second kappa shape index (κ2) is 8.85. The summed E-state index contributed by atoms with van der Waals surface area (Å²) in [6.07, 6.45) is 8.04. The highest BCUT2D eigenvalue weighted by Gasteiger charge is 2.53. The second-order valence-electron chi connectivity index (χ2n) is 7.09. The van der Waals surface area contributed by atoms with Crippen LogP contribution >= 0.6 is 0 Å². The SMILES string of the molecule is C=C(C)C1=CC(C(=O)OC)(C(=O)OC)CC1CC(=O)C#CC1=CCCCC1. The van der Waals surface area contributed by atoms with Crippen molar-refractivity contribution in [3.8, 4) is 11.8 Å². The normalized spacial score (nSPS) is 20.5. The third-order valence-electron chi connectivity index (χ3n) is 5.09. The lowest BCUT2D eigenvalue weighted by atomic mass is 9.83. The molecule has 2 aliphatic rings. The van der Waals surface area contributed by atoms with Crippen molar-refractivity contribution in [1.29, 1.82) is 0 Å². The Hall–Kier alpha value is -2.61. The number of ether oxygens (including phenoxy) is 2. The van der Waals surface area contributed by atoms with Gasteiger partial charge in [-0.1, -0.05) is 30.2 Å². The summed E-state index contributed by atoms with van der Waals surface area (Å²) in [5.74, 6) is 3.74. The molecule has 0 fully saturated rings. The second-order valence-corrected chi connectivity index (χ2v) is 7.09. The maximum absolute atomic E-state index is 12.4. The summed E-state index contributed by atoms with van der Waals surface area (Å²) in [7, 11) is 2.45. The highest BCUT2D eigenvalue weighted by molar-refractivity contribution is 6.04. The van der Waals surface area contributed by atoms with Gasteiger partial charge in [0.1, 0.15) is 0 Å². The third kappa shape index (κ3) is 4.57. The van der Waals surface area contributed by atoms with E-state index in [-0.39, 0.29) is 24.5 Å². The molecule has 2 aliphatic carbocycles. The number of hydrogen-bond acceptors (Lipinski definition) is 5. The molecule has 0 radical (unpaired) electrons. The number of Topliss-reactive ketones (excluding diaryl/α,β-unsaturated/α-hetero) is 1. The highest BCUT2D eigenvalue weighted by atomic mass is 16.5. The van der Waals surface area contributed by atoms with E-state index < -0.39 is 17.4 Å². The van der Waals surface area contributed by atoms with Crippen molar-refractivity contribution in [3.63, 3.8) is 0 Å². The van der Waals surface area contributed by atoms with Crippen molar-refractivity contribution in [2.45, 2.75) is 45.4 Å². The maximum Gasteiger partial charge on any atom is 0.327 e. The molecule has 0 N–H and O–H groups in total. The number of hydrogen-bond donors (Lipinski definition) is 0. The molecule has 2 rings (SSSR count). The van der Waals surface area contributed by atoms with Gasteiger partial charge in [0.2, 0.25) is 5.78 Å². The first-order valence-corrected chi connectivity index (χ1v) is 9.13. The summed E-state index contributed by atoms with van der Waals surface area (Å²) >= 11 is 0. The Morgan fingerprint density at radius 3 is 2.41 bits per heavy atom. The van der Waals surface area contributed by atoms with Gasteiger partial charge in [-0.25, -0.2) is 0 Å². The molecule has 1 atom stereocenters. The van der Waals surface area contributed by atoms with Gasteiger partial charge in [-0.05, 0) is 62.0 Å². The van der Waals surface area contributed by atoms with Crippen LogP contribution in [0.15, 0.2) is 35.5 Å². The van der Waals surface area contributed by atoms with Crippen molar-refractivity contribution in [1.82, 2.24) is 0 Å². The van der Waals surface area contributed by atoms with Gasteiger partial charge in [0.05, 0.1) is 14.2 Å². The van der Waals surface area contributed by atoms with Gasteiger partial charge in [-0.2, -0.15) is 0 Å². The number of allylic oxidation sites excluding steroid dienone is 4. The Morgan fingerprint density at radius 2 is 1.89 bits per heavy atom. The minimum absolute atomic E-state index is 0.116. The molecular formula is C22H26O5. The van der Waals surface area contributed by atoms with E-state index in [0.29, 0.717) is 11.1 Å². The lowest BCUT2D eigenvalue weighted by Gasteiger charge is -2.22. The predicted octanol–water partition coefficient (Wildman–Crippen LogP) is 3.30. The zero-order valence-electron chi connectivity index (χ0n) is 16.2. The Kier molecular flexibility index (Phi) is 6.79. The van der Waals surface area contributed by atoms with E-state index in [1.54, 1.807) is 13.0 Å². The van der Waals surface area contributed by atoms with Gasteiger partial charge in [0, 0.05) is 6.42 Å². The van der Waals surface area contributed by atoms with Gasteiger partial charge in [-0.3, -0.25) is 14.4 Å². The minimum atomic E-state index is -1.54. The molecule has 1 unspecified atom stereocenters. The zero-order chi connectivity index (χ0) is 20.0. The van der Waals surface area contributed by atoms with Crippen molar-refractivity contribution in [3.05, 3.63) is 35.5 Å². The fourth-order valence-electron chi connectivity index (χ4n) is 3.70. The van der Waals surface area contributed by atoms with E-state index in [2.05, 4.69) is 24.5 Å². The summed E-state index contributed by atoms with van der Waals surface area (Å²) in [6, 6.07) is 0. The van der Waals surface area contributed by atoms with Crippen molar-refractivity contribution < 1.29 is 23.9 Å². The summed E-state index contributed by atoms with van der Waals surface area (Å²) in [5, 5.41) is 0. The standard InChI is InChI=1S/C22H26O5/c1-15(2)19-14-22(20(24)26-3,21(25)27-4)13-17(19)12-18(23)11-10-16-8-6-5-7-9-16/h8,14,17H,1,5-7,9,12-13H2,2-4H3. The minimum Gasteiger partial charge on any atom is -0.468 e. The third-order valence-corrected chi connectivity index (χ3v) is 5.09. The van der Waals surface area contributed by atoms with Gasteiger partial charge in [0.15, 0.2) is 5.41 Å². The molecule has 0 saturated heterocycles. The van der Waals surface area contributed by atoms with Crippen LogP contribution in [-0.2, 0) is 23.9 Å². The Balaban J connectivity index is 2.23. The van der Waals surface area contributed by atoms with Crippen LogP contribution in [0.3, 0.4) is 0 Å². The fraction of sp³-hybridized carbons (Fsp3) is 0.500. The molecule has 0 amide bonds. The quantitative estimate of drug-likeness (QED) is 0.321. The molecule has 0 aromatic heterocycles. The van der Waals surface area contributed by atoms with E-state index in [9.17, 15) is 14.4 Å². The Bertz CT molecular complexity index is 756. The maximum atomic E-state index is 12.4. The largest absolute Gasteiger partial charge is 0.468 e.